The Kier molecular flexibility index (Phi) is 10.7. The molecule has 2 aliphatic rings. The first-order valence-electron chi connectivity index (χ1n) is 13.3. The van der Waals surface area contributed by atoms with E-state index in [4.69, 9.17) is 26.4 Å². The van der Waals surface area contributed by atoms with Gasteiger partial charge in [-0.2, -0.15) is 0 Å². The van der Waals surface area contributed by atoms with Crippen LogP contribution in [0.5, 0.6) is 17.2 Å². The Morgan fingerprint density at radius 2 is 1.76 bits per heavy atom. The molecule has 0 unspecified atom stereocenters. The van der Waals surface area contributed by atoms with Crippen LogP contribution in [0.1, 0.15) is 49.7 Å². The van der Waals surface area contributed by atoms with Crippen molar-refractivity contribution in [3.8, 4) is 17.2 Å². The highest BCUT2D eigenvalue weighted by atomic mass is 32.1. The summed E-state index contributed by atoms with van der Waals surface area (Å²) in [6, 6.07) is 14.2. The maximum atomic E-state index is 12.1. The molecule has 37 heavy (non-hydrogen) atoms. The van der Waals surface area contributed by atoms with E-state index in [2.05, 4.69) is 39.0 Å². The third-order valence-corrected chi connectivity index (χ3v) is 6.71. The molecule has 0 spiro atoms. The Balaban J connectivity index is 1.00. The van der Waals surface area contributed by atoms with Crippen molar-refractivity contribution >= 4 is 23.2 Å². The number of fused-ring (bicyclic) bond motifs is 1. The number of hydrogen-bond donors (Lipinski definition) is 3. The van der Waals surface area contributed by atoms with Gasteiger partial charge in [-0.3, -0.25) is 9.69 Å². The maximum Gasteiger partial charge on any atom is 0.231 e. The zero-order chi connectivity index (χ0) is 25.7. The number of benzene rings is 2. The normalized spacial score (nSPS) is 14.7. The number of nitrogens with one attached hydrogen (secondary N) is 3. The molecule has 9 heteroatoms. The lowest BCUT2D eigenvalue weighted by Crippen LogP contribution is -2.35. The molecule has 2 heterocycles. The third-order valence-electron chi connectivity index (χ3n) is 6.42. The molecule has 0 radical (unpaired) electrons. The summed E-state index contributed by atoms with van der Waals surface area (Å²) in [6.45, 7) is 6.04. The zero-order valence-corrected chi connectivity index (χ0v) is 22.2. The lowest BCUT2D eigenvalue weighted by Gasteiger charge is -2.26. The van der Waals surface area contributed by atoms with Gasteiger partial charge in [0.25, 0.3) is 0 Å². The van der Waals surface area contributed by atoms with Gasteiger partial charge in [0.2, 0.25) is 12.7 Å². The van der Waals surface area contributed by atoms with Crippen LogP contribution in [0.3, 0.4) is 0 Å². The van der Waals surface area contributed by atoms with Crippen LogP contribution < -0.4 is 30.2 Å². The number of carbonyl (C=O) groups excluding carboxylic acids is 1. The highest BCUT2D eigenvalue weighted by Gasteiger charge is 2.13. The lowest BCUT2D eigenvalue weighted by molar-refractivity contribution is -0.121. The monoisotopic (exact) mass is 526 g/mol. The second-order valence-electron chi connectivity index (χ2n) is 9.44. The van der Waals surface area contributed by atoms with Crippen LogP contribution in [0.15, 0.2) is 42.5 Å². The Morgan fingerprint density at radius 1 is 0.919 bits per heavy atom. The number of nitrogens with zero attached hydrogens (tertiary/aromatic N) is 1. The van der Waals surface area contributed by atoms with E-state index in [9.17, 15) is 4.79 Å². The quantitative estimate of drug-likeness (QED) is 0.269. The van der Waals surface area contributed by atoms with E-state index in [-0.39, 0.29) is 12.7 Å². The van der Waals surface area contributed by atoms with Crippen molar-refractivity contribution in [2.45, 2.75) is 51.6 Å². The standard InChI is InChI=1S/C28H38N4O4S/c33-27(9-5-12-30-28(37)31-19-22-10-11-25-26(18-22)36-21-35-25)29-13-6-16-34-24-8-4-7-23(17-24)20-32-14-2-1-3-15-32/h4,7-8,10-11,17-18H,1-3,5-6,9,12-16,19-21H2,(H,29,33)(H2,30,31,37). The van der Waals surface area contributed by atoms with Crippen LogP contribution in [0.2, 0.25) is 0 Å². The molecular formula is C28H38N4O4S. The molecule has 8 nitrogen and oxygen atoms in total. The van der Waals surface area contributed by atoms with Crippen molar-refractivity contribution < 1.29 is 19.0 Å². The first-order chi connectivity index (χ1) is 18.2. The van der Waals surface area contributed by atoms with Gasteiger partial charge < -0.3 is 30.2 Å². The number of ether oxygens (including phenoxy) is 3. The number of thiocarbonyl (C=S) groups is 1. The van der Waals surface area contributed by atoms with E-state index in [0.717, 1.165) is 35.8 Å². The summed E-state index contributed by atoms with van der Waals surface area (Å²) in [7, 11) is 0. The van der Waals surface area contributed by atoms with Gasteiger partial charge >= 0.3 is 0 Å². The fraction of sp³-hybridized carbons (Fsp3) is 0.500. The van der Waals surface area contributed by atoms with Gasteiger partial charge in [-0.15, -0.1) is 0 Å². The van der Waals surface area contributed by atoms with Crippen LogP contribution in [0.4, 0.5) is 0 Å². The average Bonchev–Trinajstić information content (AvgIpc) is 3.39. The first kappa shape index (κ1) is 27.0. The SMILES string of the molecule is O=C(CCCNC(=S)NCc1ccc2c(c1)OCO2)NCCCOc1cccc(CN2CCCCC2)c1. The van der Waals surface area contributed by atoms with E-state index in [1.54, 1.807) is 0 Å². The van der Waals surface area contributed by atoms with Gasteiger partial charge in [0.05, 0.1) is 6.61 Å². The zero-order valence-electron chi connectivity index (χ0n) is 21.4. The summed E-state index contributed by atoms with van der Waals surface area (Å²) < 4.78 is 16.6. The fourth-order valence-electron chi connectivity index (χ4n) is 4.43. The molecular weight excluding hydrogens is 488 g/mol. The van der Waals surface area contributed by atoms with Crippen molar-refractivity contribution in [2.75, 3.05) is 39.6 Å². The number of piperidine rings is 1. The molecule has 3 N–H and O–H groups in total. The molecule has 4 rings (SSSR count). The van der Waals surface area contributed by atoms with Crippen molar-refractivity contribution in [1.29, 1.82) is 0 Å². The smallest absolute Gasteiger partial charge is 0.231 e. The first-order valence-corrected chi connectivity index (χ1v) is 13.7. The fourth-order valence-corrected chi connectivity index (χ4v) is 4.61. The molecule has 1 amide bonds. The highest BCUT2D eigenvalue weighted by molar-refractivity contribution is 7.80. The third kappa shape index (κ3) is 9.40. The molecule has 2 aromatic carbocycles. The van der Waals surface area contributed by atoms with Gasteiger partial charge in [-0.1, -0.05) is 24.6 Å². The molecule has 0 bridgehead atoms. The maximum absolute atomic E-state index is 12.1. The summed E-state index contributed by atoms with van der Waals surface area (Å²) in [5.74, 6) is 2.47. The van der Waals surface area contributed by atoms with Crippen molar-refractivity contribution in [3.05, 3.63) is 53.6 Å². The summed E-state index contributed by atoms with van der Waals surface area (Å²) in [4.78, 5) is 14.6. The number of carbonyl (C=O) groups is 1. The molecule has 1 saturated heterocycles. The predicted octanol–water partition coefficient (Wildman–Crippen LogP) is 3.73. The minimum atomic E-state index is 0.0459. The van der Waals surface area contributed by atoms with Crippen LogP contribution in [0.25, 0.3) is 0 Å². The van der Waals surface area contributed by atoms with E-state index in [1.165, 1.54) is 37.9 Å². The number of hydrogen-bond acceptors (Lipinski definition) is 6. The molecule has 2 aromatic rings. The van der Waals surface area contributed by atoms with Gasteiger partial charge in [0.15, 0.2) is 16.6 Å². The summed E-state index contributed by atoms with van der Waals surface area (Å²) in [5.41, 5.74) is 2.35. The van der Waals surface area contributed by atoms with E-state index in [1.807, 2.05) is 24.3 Å². The number of amides is 1. The molecule has 200 valence electrons. The summed E-state index contributed by atoms with van der Waals surface area (Å²) in [5, 5.41) is 9.85. The minimum absolute atomic E-state index is 0.0459. The Morgan fingerprint density at radius 3 is 2.65 bits per heavy atom. The summed E-state index contributed by atoms with van der Waals surface area (Å²) in [6.07, 6.45) is 5.88. The average molecular weight is 527 g/mol. The highest BCUT2D eigenvalue weighted by Crippen LogP contribution is 2.32. The van der Waals surface area contributed by atoms with E-state index < -0.39 is 0 Å². The predicted molar refractivity (Wildman–Crippen MR) is 148 cm³/mol. The molecule has 0 aromatic heterocycles. The molecule has 1 fully saturated rings. The van der Waals surface area contributed by atoms with Crippen LogP contribution in [-0.4, -0.2) is 55.5 Å². The number of likely N-dealkylation sites (tertiary alicyclic amines) is 1. The Labute approximate surface area is 225 Å². The molecule has 0 aliphatic carbocycles. The van der Waals surface area contributed by atoms with Crippen molar-refractivity contribution in [3.63, 3.8) is 0 Å². The van der Waals surface area contributed by atoms with Crippen molar-refractivity contribution in [2.24, 2.45) is 0 Å². The van der Waals surface area contributed by atoms with Gasteiger partial charge in [0, 0.05) is 32.6 Å². The second-order valence-corrected chi connectivity index (χ2v) is 9.85. The van der Waals surface area contributed by atoms with Crippen LogP contribution in [0, 0.1) is 0 Å². The second kappa shape index (κ2) is 14.6. The molecule has 0 saturated carbocycles. The summed E-state index contributed by atoms with van der Waals surface area (Å²) >= 11 is 5.32. The minimum Gasteiger partial charge on any atom is -0.494 e. The van der Waals surface area contributed by atoms with Gasteiger partial charge in [-0.05, 0) is 86.4 Å². The van der Waals surface area contributed by atoms with Crippen LogP contribution >= 0.6 is 12.2 Å². The van der Waals surface area contributed by atoms with E-state index >= 15 is 0 Å². The van der Waals surface area contributed by atoms with Gasteiger partial charge in [-0.25, -0.2) is 0 Å². The number of rotatable bonds is 13. The van der Waals surface area contributed by atoms with E-state index in [0.29, 0.717) is 44.2 Å². The van der Waals surface area contributed by atoms with Gasteiger partial charge in [0.1, 0.15) is 5.75 Å². The molecule has 2 aliphatic heterocycles. The largest absolute Gasteiger partial charge is 0.494 e. The topological polar surface area (TPSA) is 84.1 Å². The Bertz CT molecular complexity index is 1030. The Hall–Kier alpha value is -3.04. The van der Waals surface area contributed by atoms with Crippen molar-refractivity contribution in [1.82, 2.24) is 20.9 Å². The van der Waals surface area contributed by atoms with Crippen LogP contribution in [-0.2, 0) is 17.9 Å². The molecule has 0 atom stereocenters. The lowest BCUT2D eigenvalue weighted by atomic mass is 10.1.